The molecule has 0 amide bonds. The summed E-state index contributed by atoms with van der Waals surface area (Å²) in [6, 6.07) is 36.0. The molecule has 5 heteroatoms. The van der Waals surface area contributed by atoms with Gasteiger partial charge in [0.1, 0.15) is 0 Å². The summed E-state index contributed by atoms with van der Waals surface area (Å²) in [5.74, 6) is 0. The number of furan rings is 1. The van der Waals surface area contributed by atoms with E-state index in [1.165, 1.54) is 18.5 Å². The SMILES string of the molecule is [2H]C([2H])([2H])c1ccc(-c2[c-]ccc3c2oc2nc(C([2H])([2H])c4ccccc4)ccc23)nc1.[2H]C([2H])([2H])c1ccc(-c2[c-]cccc2)nc1.[Ir]. The summed E-state index contributed by atoms with van der Waals surface area (Å²) in [6.07, 6.45) is 0.946. The van der Waals surface area contributed by atoms with Gasteiger partial charge in [0.25, 0.3) is 0 Å². The second-order valence-corrected chi connectivity index (χ2v) is 8.88. The molecular formula is C36H27IrN3O-2. The predicted octanol–water partition coefficient (Wildman–Crippen LogP) is 8.60. The number of hydrogen-bond donors (Lipinski definition) is 0. The van der Waals surface area contributed by atoms with E-state index in [9.17, 15) is 0 Å². The Hall–Kier alpha value is -4.44. The van der Waals surface area contributed by atoms with E-state index in [4.69, 9.17) is 15.4 Å². The van der Waals surface area contributed by atoms with Crippen LogP contribution in [0.2, 0.25) is 0 Å². The summed E-state index contributed by atoms with van der Waals surface area (Å²) in [6.45, 7) is -4.31. The van der Waals surface area contributed by atoms with Crippen molar-refractivity contribution in [2.45, 2.75) is 20.1 Å². The van der Waals surface area contributed by atoms with Gasteiger partial charge in [-0.15, -0.1) is 54.1 Å². The molecule has 0 unspecified atom stereocenters. The molecule has 4 nitrogen and oxygen atoms in total. The van der Waals surface area contributed by atoms with Gasteiger partial charge in [0, 0.05) is 60.9 Å². The van der Waals surface area contributed by atoms with Gasteiger partial charge >= 0.3 is 0 Å². The molecular weight excluding hydrogens is 683 g/mol. The van der Waals surface area contributed by atoms with Crippen molar-refractivity contribution >= 4 is 22.1 Å². The Balaban J connectivity index is 0.000000233. The summed E-state index contributed by atoms with van der Waals surface area (Å²) < 4.78 is 67.4. The maximum absolute atomic E-state index is 8.57. The normalized spacial score (nSPS) is 14.4. The van der Waals surface area contributed by atoms with Gasteiger partial charge in [-0.25, -0.2) is 4.98 Å². The summed E-state index contributed by atoms with van der Waals surface area (Å²) in [7, 11) is 0. The first-order chi connectivity index (χ1) is 22.8. The minimum atomic E-state index is -2.22. The van der Waals surface area contributed by atoms with Crippen LogP contribution in [-0.2, 0) is 26.5 Å². The first kappa shape index (κ1) is 19.6. The number of fused-ring (bicyclic) bond motifs is 3. The van der Waals surface area contributed by atoms with E-state index in [1.807, 2.05) is 30.3 Å². The topological polar surface area (TPSA) is 51.8 Å². The first-order valence-electron chi connectivity index (χ1n) is 16.5. The van der Waals surface area contributed by atoms with Crippen molar-refractivity contribution < 1.29 is 35.5 Å². The Morgan fingerprint density at radius 3 is 2.17 bits per heavy atom. The molecule has 0 bridgehead atoms. The molecule has 3 aromatic carbocycles. The molecule has 1 radical (unpaired) electrons. The van der Waals surface area contributed by atoms with Crippen LogP contribution in [-0.4, -0.2) is 15.0 Å². The average Bonchev–Trinajstić information content (AvgIpc) is 3.47. The molecule has 4 aromatic heterocycles. The molecule has 0 saturated heterocycles. The van der Waals surface area contributed by atoms with E-state index in [1.54, 1.807) is 66.7 Å². The molecule has 0 aliphatic heterocycles. The quantitative estimate of drug-likeness (QED) is 0.171. The van der Waals surface area contributed by atoms with Crippen LogP contribution >= 0.6 is 0 Å². The monoisotopic (exact) mass is 718 g/mol. The van der Waals surface area contributed by atoms with E-state index < -0.39 is 20.1 Å². The molecule has 0 atom stereocenters. The zero-order valence-electron chi connectivity index (χ0n) is 29.6. The number of nitrogens with zero attached hydrogens (tertiary/aromatic N) is 3. The van der Waals surface area contributed by atoms with Crippen molar-refractivity contribution in [3.8, 4) is 22.5 Å². The molecule has 0 spiro atoms. The summed E-state index contributed by atoms with van der Waals surface area (Å²) in [5.41, 5.74) is 4.72. The van der Waals surface area contributed by atoms with Crippen molar-refractivity contribution in [3.63, 3.8) is 0 Å². The van der Waals surface area contributed by atoms with Gasteiger partial charge in [-0.1, -0.05) is 65.5 Å². The van der Waals surface area contributed by atoms with Crippen molar-refractivity contribution in [2.75, 3.05) is 0 Å². The largest absolute Gasteiger partial charge is 0.486 e. The van der Waals surface area contributed by atoms with Gasteiger partial charge < -0.3 is 14.4 Å². The smallest absolute Gasteiger partial charge is 0.216 e. The van der Waals surface area contributed by atoms with Crippen LogP contribution in [0.1, 0.15) is 33.4 Å². The van der Waals surface area contributed by atoms with Crippen molar-refractivity contribution in [3.05, 3.63) is 150 Å². The van der Waals surface area contributed by atoms with Crippen molar-refractivity contribution in [2.24, 2.45) is 0 Å². The second kappa shape index (κ2) is 12.8. The predicted molar refractivity (Wildman–Crippen MR) is 161 cm³/mol. The van der Waals surface area contributed by atoms with Gasteiger partial charge in [-0.2, -0.15) is 0 Å². The molecule has 7 aromatic rings. The summed E-state index contributed by atoms with van der Waals surface area (Å²) >= 11 is 0. The van der Waals surface area contributed by atoms with E-state index in [0.717, 1.165) is 22.0 Å². The van der Waals surface area contributed by atoms with Crippen LogP contribution in [0.25, 0.3) is 44.6 Å². The van der Waals surface area contributed by atoms with Gasteiger partial charge in [0.05, 0.1) is 5.58 Å². The molecule has 0 N–H and O–H groups in total. The van der Waals surface area contributed by atoms with Crippen LogP contribution in [0, 0.1) is 25.8 Å². The molecule has 0 aliphatic carbocycles. The molecule has 41 heavy (non-hydrogen) atoms. The van der Waals surface area contributed by atoms with Gasteiger partial charge in [0.15, 0.2) is 0 Å². The molecule has 7 rings (SSSR count). The molecule has 4 heterocycles. The summed E-state index contributed by atoms with van der Waals surface area (Å²) in [4.78, 5) is 12.9. The minimum Gasteiger partial charge on any atom is -0.486 e. The third-order valence-corrected chi connectivity index (χ3v) is 6.11. The summed E-state index contributed by atoms with van der Waals surface area (Å²) in [5, 5.41) is 1.55. The number of hydrogen-bond acceptors (Lipinski definition) is 4. The van der Waals surface area contributed by atoms with Crippen LogP contribution in [0.3, 0.4) is 0 Å². The van der Waals surface area contributed by atoms with Crippen LogP contribution in [0.15, 0.2) is 120 Å². The maximum Gasteiger partial charge on any atom is 0.216 e. The number of aromatic nitrogens is 3. The third-order valence-electron chi connectivity index (χ3n) is 6.11. The van der Waals surface area contributed by atoms with Gasteiger partial charge in [-0.3, -0.25) is 0 Å². The fourth-order valence-corrected chi connectivity index (χ4v) is 4.20. The zero-order valence-corrected chi connectivity index (χ0v) is 23.9. The maximum atomic E-state index is 8.57. The Labute approximate surface area is 264 Å². The van der Waals surface area contributed by atoms with E-state index in [2.05, 4.69) is 27.1 Å². The van der Waals surface area contributed by atoms with Crippen LogP contribution < -0.4 is 0 Å². The molecule has 203 valence electrons. The number of benzene rings is 3. The Morgan fingerprint density at radius 1 is 0.732 bits per heavy atom. The Kier molecular flexibility index (Phi) is 6.13. The minimum absolute atomic E-state index is 0. The van der Waals surface area contributed by atoms with E-state index >= 15 is 0 Å². The fourth-order valence-electron chi connectivity index (χ4n) is 4.20. The Morgan fingerprint density at radius 2 is 1.49 bits per heavy atom. The van der Waals surface area contributed by atoms with Crippen molar-refractivity contribution in [1.82, 2.24) is 15.0 Å². The zero-order chi connectivity index (χ0) is 34.1. The second-order valence-electron chi connectivity index (χ2n) is 8.88. The van der Waals surface area contributed by atoms with Gasteiger partial charge in [0.2, 0.25) is 5.71 Å². The first-order valence-corrected chi connectivity index (χ1v) is 12.5. The standard InChI is InChI=1S/C24H17N2O.C12H10N.Ir/c1-16-10-13-22(25-15-16)21-9-5-8-19-20-12-11-18(26-24(20)27-23(19)21)14-17-6-3-2-4-7-17;1-10-7-8-12(13-9-10)11-5-3-2-4-6-11;/h2-8,10-13,15H,14H2,1H3;2-5,7-9H,1H3;/q2*-1;/i1D3,14D2;1D3;. The molecule has 0 saturated carbocycles. The molecule has 0 fully saturated rings. The van der Waals surface area contributed by atoms with E-state index in [0.29, 0.717) is 28.1 Å². The average molecular weight is 718 g/mol. The third kappa shape index (κ3) is 6.49. The number of pyridine rings is 3. The Bertz CT molecular complexity index is 2170. The van der Waals surface area contributed by atoms with Gasteiger partial charge in [-0.05, 0) is 53.9 Å². The van der Waals surface area contributed by atoms with Crippen LogP contribution in [0.4, 0.5) is 0 Å². The number of rotatable bonds is 4. The molecule has 0 aliphatic rings. The van der Waals surface area contributed by atoms with Crippen molar-refractivity contribution in [1.29, 1.82) is 0 Å². The van der Waals surface area contributed by atoms with Crippen LogP contribution in [0.5, 0.6) is 0 Å². The number of aryl methyl sites for hydroxylation is 2. The van der Waals surface area contributed by atoms with E-state index in [-0.39, 0.29) is 36.9 Å². The fraction of sp³-hybridized carbons (Fsp3) is 0.0833.